The fourth-order valence-electron chi connectivity index (χ4n) is 4.47. The zero-order valence-electron chi connectivity index (χ0n) is 12.0. The quantitative estimate of drug-likeness (QED) is 0.565. The average Bonchev–Trinajstić information content (AvgIpc) is 2.39. The molecule has 0 amide bonds. The zero-order chi connectivity index (χ0) is 17.3. The van der Waals surface area contributed by atoms with Gasteiger partial charge in [-0.05, 0) is 38.0 Å². The van der Waals surface area contributed by atoms with Crippen LogP contribution in [-0.4, -0.2) is 47.3 Å². The van der Waals surface area contributed by atoms with Gasteiger partial charge in [0, 0.05) is 5.92 Å². The van der Waals surface area contributed by atoms with Gasteiger partial charge >= 0.3 is 11.2 Å². The second-order valence-electron chi connectivity index (χ2n) is 6.93. The third kappa shape index (κ3) is 2.47. The van der Waals surface area contributed by atoms with E-state index in [0.29, 0.717) is 12.8 Å². The minimum atomic E-state index is -5.94. The van der Waals surface area contributed by atoms with E-state index in [4.69, 9.17) is 0 Å². The Kier molecular flexibility index (Phi) is 3.42. The van der Waals surface area contributed by atoms with Crippen LogP contribution in [0, 0.1) is 17.3 Å². The van der Waals surface area contributed by atoms with Crippen molar-refractivity contribution in [3.05, 3.63) is 0 Å². The number of hydrogen-bond acceptors (Lipinski definition) is 7. The van der Waals surface area contributed by atoms with Gasteiger partial charge < -0.3 is 14.4 Å². The van der Waals surface area contributed by atoms with Crippen LogP contribution < -0.4 is 0 Å². The highest BCUT2D eigenvalue weighted by Gasteiger charge is 2.65. The molecule has 4 aliphatic rings. The number of ketones is 1. The molecule has 4 aliphatic carbocycles. The van der Waals surface area contributed by atoms with Crippen LogP contribution in [0.25, 0.3) is 0 Å². The number of aliphatic hydroxyl groups is 1. The van der Waals surface area contributed by atoms with Gasteiger partial charge in [-0.1, -0.05) is 0 Å². The molecule has 4 bridgehead atoms. The van der Waals surface area contributed by atoms with Crippen molar-refractivity contribution in [2.75, 3.05) is 6.61 Å². The molecule has 4 rings (SSSR count). The van der Waals surface area contributed by atoms with Crippen molar-refractivity contribution in [1.82, 2.24) is 0 Å². The first-order valence-electron chi connectivity index (χ1n) is 7.16. The number of carbonyl (C=O) groups is 2. The molecule has 1 N–H and O–H groups in total. The van der Waals surface area contributed by atoms with Gasteiger partial charge in [0.15, 0.2) is 22.5 Å². The second kappa shape index (κ2) is 4.70. The van der Waals surface area contributed by atoms with Gasteiger partial charge in [-0.25, -0.2) is 8.42 Å². The molecule has 130 valence electrons. The first-order valence-corrected chi connectivity index (χ1v) is 8.57. The summed E-state index contributed by atoms with van der Waals surface area (Å²) in [6.45, 7) is -1.86. The lowest BCUT2D eigenvalue weighted by Gasteiger charge is -2.57. The van der Waals surface area contributed by atoms with Crippen LogP contribution in [0.1, 0.15) is 32.1 Å². The molecular formula is C13H15F2O7S-. The molecule has 0 heterocycles. The highest BCUT2D eigenvalue weighted by molar-refractivity contribution is 7.86. The maximum absolute atomic E-state index is 13.1. The summed E-state index contributed by atoms with van der Waals surface area (Å²) in [5.74, 6) is -2.01. The fourth-order valence-corrected chi connectivity index (χ4v) is 4.67. The molecule has 0 aromatic heterocycles. The smallest absolute Gasteiger partial charge is 0.367 e. The van der Waals surface area contributed by atoms with E-state index in [1.165, 1.54) is 0 Å². The summed E-state index contributed by atoms with van der Waals surface area (Å²) >= 11 is 0. The molecule has 10 heteroatoms. The monoisotopic (exact) mass is 353 g/mol. The molecule has 0 aromatic rings. The fraction of sp³-hybridized carbons (Fsp3) is 0.846. The highest BCUT2D eigenvalue weighted by Crippen LogP contribution is 2.60. The predicted octanol–water partition coefficient (Wildman–Crippen LogP) is 0.178. The Balaban J connectivity index is 1.77. The van der Waals surface area contributed by atoms with E-state index in [1.807, 2.05) is 0 Å². The molecule has 0 saturated heterocycles. The number of hydrogen-bond donors (Lipinski definition) is 1. The Bertz CT molecular complexity index is 676. The van der Waals surface area contributed by atoms with Crippen LogP contribution in [0.4, 0.5) is 8.78 Å². The molecule has 23 heavy (non-hydrogen) atoms. The van der Waals surface area contributed by atoms with E-state index in [2.05, 4.69) is 4.74 Å². The summed E-state index contributed by atoms with van der Waals surface area (Å²) in [5, 5.41) is 5.68. The summed E-state index contributed by atoms with van der Waals surface area (Å²) in [6.07, 6.45) is 0.969. The molecule has 0 aliphatic heterocycles. The SMILES string of the molecule is O=C1C2CC3CC1(O)CC(C(=O)OCC(F)(F)S(=O)(=O)[O-])(C3)C2. The minimum Gasteiger partial charge on any atom is -0.743 e. The van der Waals surface area contributed by atoms with Gasteiger partial charge in [0.25, 0.3) is 0 Å². The van der Waals surface area contributed by atoms with Crippen molar-refractivity contribution in [2.24, 2.45) is 17.3 Å². The van der Waals surface area contributed by atoms with Crippen molar-refractivity contribution in [2.45, 2.75) is 43.0 Å². The molecule has 4 fully saturated rings. The highest BCUT2D eigenvalue weighted by atomic mass is 32.2. The van der Waals surface area contributed by atoms with Gasteiger partial charge in [0.05, 0.1) is 5.41 Å². The Labute approximate surface area is 130 Å². The van der Waals surface area contributed by atoms with Crippen molar-refractivity contribution < 1.29 is 41.2 Å². The number of Topliss-reactive ketones (excluding diaryl/α,β-unsaturated/α-hetero) is 1. The molecule has 7 nitrogen and oxygen atoms in total. The van der Waals surface area contributed by atoms with Gasteiger partial charge in [0.1, 0.15) is 5.60 Å². The number of rotatable bonds is 4. The standard InChI is InChI=1S/C13H16F2O7S/c14-13(15,23(19,20)21)6-22-10(17)11-2-7-1-8(4-11)9(16)12(18,3-7)5-11/h7-8,18H,1-6H2,(H,19,20,21)/p-1. The first-order chi connectivity index (χ1) is 10.4. The number of halogens is 2. The summed E-state index contributed by atoms with van der Waals surface area (Å²) in [6, 6.07) is 0. The zero-order valence-corrected chi connectivity index (χ0v) is 12.8. The van der Waals surface area contributed by atoms with E-state index in [-0.39, 0.29) is 31.0 Å². The topological polar surface area (TPSA) is 121 Å². The number of alkyl halides is 2. The van der Waals surface area contributed by atoms with Gasteiger partial charge in [0.2, 0.25) is 0 Å². The minimum absolute atomic E-state index is 0.0819. The van der Waals surface area contributed by atoms with Crippen LogP contribution in [0.15, 0.2) is 0 Å². The van der Waals surface area contributed by atoms with Crippen molar-refractivity contribution >= 4 is 21.9 Å². The second-order valence-corrected chi connectivity index (χ2v) is 8.44. The van der Waals surface area contributed by atoms with Gasteiger partial charge in [-0.2, -0.15) is 8.78 Å². The average molecular weight is 353 g/mol. The van der Waals surface area contributed by atoms with E-state index in [0.717, 1.165) is 0 Å². The van der Waals surface area contributed by atoms with Crippen molar-refractivity contribution in [1.29, 1.82) is 0 Å². The third-order valence-corrected chi connectivity index (χ3v) is 6.04. The van der Waals surface area contributed by atoms with Crippen LogP contribution in [0.2, 0.25) is 0 Å². The van der Waals surface area contributed by atoms with Gasteiger partial charge in [-0.3, -0.25) is 9.59 Å². The van der Waals surface area contributed by atoms with E-state index < -0.39 is 44.9 Å². The first kappa shape index (κ1) is 16.7. The largest absolute Gasteiger partial charge is 0.743 e. The molecule has 0 radical (unpaired) electrons. The molecular weight excluding hydrogens is 338 g/mol. The number of esters is 1. The van der Waals surface area contributed by atoms with E-state index in [9.17, 15) is 36.4 Å². The summed E-state index contributed by atoms with van der Waals surface area (Å²) < 4.78 is 61.9. The normalized spacial score (nSPS) is 39.6. The Morgan fingerprint density at radius 1 is 1.39 bits per heavy atom. The summed E-state index contributed by atoms with van der Waals surface area (Å²) in [7, 11) is -5.94. The maximum Gasteiger partial charge on any atom is 0.367 e. The lowest BCUT2D eigenvalue weighted by molar-refractivity contribution is -0.199. The van der Waals surface area contributed by atoms with E-state index in [1.54, 1.807) is 0 Å². The van der Waals surface area contributed by atoms with Crippen LogP contribution in [-0.2, 0) is 24.4 Å². The molecule has 0 spiro atoms. The molecule has 4 atom stereocenters. The Hall–Kier alpha value is -1.13. The van der Waals surface area contributed by atoms with Crippen molar-refractivity contribution in [3.63, 3.8) is 0 Å². The third-order valence-electron chi connectivity index (χ3n) is 5.19. The lowest BCUT2D eigenvalue weighted by Crippen LogP contribution is -2.64. The molecule has 4 unspecified atom stereocenters. The Morgan fingerprint density at radius 3 is 2.61 bits per heavy atom. The van der Waals surface area contributed by atoms with Gasteiger partial charge in [-0.15, -0.1) is 0 Å². The summed E-state index contributed by atoms with van der Waals surface area (Å²) in [5.41, 5.74) is -2.91. The van der Waals surface area contributed by atoms with Crippen LogP contribution >= 0.6 is 0 Å². The van der Waals surface area contributed by atoms with E-state index >= 15 is 0 Å². The molecule has 4 saturated carbocycles. The number of ether oxygens (including phenoxy) is 1. The Morgan fingerprint density at radius 2 is 2.04 bits per heavy atom. The number of carbonyl (C=O) groups excluding carboxylic acids is 2. The predicted molar refractivity (Wildman–Crippen MR) is 68.1 cm³/mol. The molecule has 0 aromatic carbocycles. The summed E-state index contributed by atoms with van der Waals surface area (Å²) in [4.78, 5) is 24.3. The van der Waals surface area contributed by atoms with Crippen molar-refractivity contribution in [3.8, 4) is 0 Å². The van der Waals surface area contributed by atoms with Crippen LogP contribution in [0.5, 0.6) is 0 Å². The maximum atomic E-state index is 13.1. The van der Waals surface area contributed by atoms with Crippen LogP contribution in [0.3, 0.4) is 0 Å². The lowest BCUT2D eigenvalue weighted by atomic mass is 9.47.